The fraction of sp³-hybridized carbons (Fsp3) is 0.412. The molecule has 0 spiro atoms. The van der Waals surface area contributed by atoms with Gasteiger partial charge in [0.05, 0.1) is 14.2 Å². The molecule has 3 rings (SSSR count). The first kappa shape index (κ1) is 15.4. The molecular formula is C17H22N4O2. The van der Waals surface area contributed by atoms with Crippen molar-refractivity contribution in [2.24, 2.45) is 0 Å². The molecule has 0 atom stereocenters. The molecule has 0 aliphatic carbocycles. The summed E-state index contributed by atoms with van der Waals surface area (Å²) in [5, 5.41) is 3.23. The van der Waals surface area contributed by atoms with Gasteiger partial charge in [0.25, 0.3) is 0 Å². The van der Waals surface area contributed by atoms with E-state index < -0.39 is 0 Å². The van der Waals surface area contributed by atoms with Crippen LogP contribution in [-0.4, -0.2) is 37.3 Å². The van der Waals surface area contributed by atoms with Crippen LogP contribution in [0.5, 0.6) is 11.5 Å². The van der Waals surface area contributed by atoms with Crippen LogP contribution in [0.15, 0.2) is 24.5 Å². The zero-order valence-corrected chi connectivity index (χ0v) is 13.8. The van der Waals surface area contributed by atoms with Gasteiger partial charge >= 0.3 is 0 Å². The number of ether oxygens (including phenoxy) is 2. The Kier molecular flexibility index (Phi) is 4.50. The smallest absolute Gasteiger partial charge is 0.161 e. The highest BCUT2D eigenvalue weighted by Crippen LogP contribution is 2.34. The molecule has 1 aliphatic rings. The highest BCUT2D eigenvalue weighted by atomic mass is 16.5. The number of hydrogen-bond donors (Lipinski definition) is 1. The Bertz CT molecular complexity index is 690. The van der Waals surface area contributed by atoms with Crippen molar-refractivity contribution in [2.75, 3.05) is 37.5 Å². The van der Waals surface area contributed by atoms with Crippen LogP contribution >= 0.6 is 0 Å². The summed E-state index contributed by atoms with van der Waals surface area (Å²) in [5.74, 6) is 3.35. The fourth-order valence-corrected chi connectivity index (χ4v) is 2.88. The Morgan fingerprint density at radius 1 is 1.09 bits per heavy atom. The predicted molar refractivity (Wildman–Crippen MR) is 90.5 cm³/mol. The lowest BCUT2D eigenvalue weighted by Gasteiger charge is -2.30. The average Bonchev–Trinajstić information content (AvgIpc) is 2.60. The van der Waals surface area contributed by atoms with Crippen LogP contribution in [0.1, 0.15) is 18.1 Å². The lowest BCUT2D eigenvalue weighted by molar-refractivity contribution is 0.353. The SMILES string of the molecule is CCNc1cc(N2CCc3cc(OC)c(OC)cc3C2)ncn1. The van der Waals surface area contributed by atoms with Gasteiger partial charge in [-0.2, -0.15) is 0 Å². The van der Waals surface area contributed by atoms with Crippen molar-refractivity contribution in [3.05, 3.63) is 35.7 Å². The molecule has 0 saturated carbocycles. The van der Waals surface area contributed by atoms with E-state index in [9.17, 15) is 0 Å². The summed E-state index contributed by atoms with van der Waals surface area (Å²) in [5.41, 5.74) is 2.55. The van der Waals surface area contributed by atoms with E-state index >= 15 is 0 Å². The molecule has 0 unspecified atom stereocenters. The number of nitrogens with one attached hydrogen (secondary N) is 1. The van der Waals surface area contributed by atoms with Crippen molar-refractivity contribution in [2.45, 2.75) is 19.9 Å². The molecule has 1 N–H and O–H groups in total. The summed E-state index contributed by atoms with van der Waals surface area (Å²) in [4.78, 5) is 10.9. The van der Waals surface area contributed by atoms with Crippen LogP contribution in [0.4, 0.5) is 11.6 Å². The summed E-state index contributed by atoms with van der Waals surface area (Å²) in [6, 6.07) is 6.14. The summed E-state index contributed by atoms with van der Waals surface area (Å²) in [7, 11) is 3.33. The molecule has 0 fully saturated rings. The molecule has 6 nitrogen and oxygen atoms in total. The van der Waals surface area contributed by atoms with Crippen molar-refractivity contribution in [3.63, 3.8) is 0 Å². The highest BCUT2D eigenvalue weighted by Gasteiger charge is 2.20. The number of methoxy groups -OCH3 is 2. The fourth-order valence-electron chi connectivity index (χ4n) is 2.88. The van der Waals surface area contributed by atoms with Crippen molar-refractivity contribution in [3.8, 4) is 11.5 Å². The monoisotopic (exact) mass is 314 g/mol. The van der Waals surface area contributed by atoms with Crippen molar-refractivity contribution >= 4 is 11.6 Å². The van der Waals surface area contributed by atoms with Gasteiger partial charge in [-0.1, -0.05) is 0 Å². The van der Waals surface area contributed by atoms with Gasteiger partial charge in [-0.3, -0.25) is 0 Å². The van der Waals surface area contributed by atoms with Crippen LogP contribution in [0.2, 0.25) is 0 Å². The zero-order chi connectivity index (χ0) is 16.2. The number of anilines is 2. The van der Waals surface area contributed by atoms with Gasteiger partial charge in [-0.05, 0) is 36.6 Å². The van der Waals surface area contributed by atoms with E-state index in [1.165, 1.54) is 11.1 Å². The zero-order valence-electron chi connectivity index (χ0n) is 13.8. The maximum Gasteiger partial charge on any atom is 0.161 e. The Hall–Kier alpha value is -2.50. The number of fused-ring (bicyclic) bond motifs is 1. The van der Waals surface area contributed by atoms with Gasteiger partial charge in [0.1, 0.15) is 18.0 Å². The van der Waals surface area contributed by atoms with Crippen LogP contribution in [0.3, 0.4) is 0 Å². The third-order valence-electron chi connectivity index (χ3n) is 4.05. The number of hydrogen-bond acceptors (Lipinski definition) is 6. The van der Waals surface area contributed by atoms with E-state index in [0.717, 1.165) is 49.2 Å². The molecule has 0 bridgehead atoms. The number of rotatable bonds is 5. The van der Waals surface area contributed by atoms with Gasteiger partial charge in [0.2, 0.25) is 0 Å². The lowest BCUT2D eigenvalue weighted by Crippen LogP contribution is -2.31. The minimum absolute atomic E-state index is 0.768. The van der Waals surface area contributed by atoms with Crippen LogP contribution < -0.4 is 19.7 Å². The Balaban J connectivity index is 1.86. The number of benzene rings is 1. The summed E-state index contributed by atoms with van der Waals surface area (Å²) >= 11 is 0. The molecule has 2 aromatic rings. The second kappa shape index (κ2) is 6.73. The maximum absolute atomic E-state index is 5.42. The van der Waals surface area contributed by atoms with Gasteiger partial charge < -0.3 is 19.7 Å². The van der Waals surface area contributed by atoms with Crippen molar-refractivity contribution in [1.29, 1.82) is 0 Å². The molecule has 0 radical (unpaired) electrons. The molecule has 1 aliphatic heterocycles. The molecule has 2 heterocycles. The van der Waals surface area contributed by atoms with E-state index in [4.69, 9.17) is 9.47 Å². The number of nitrogens with zero attached hydrogens (tertiary/aromatic N) is 3. The summed E-state index contributed by atoms with van der Waals surface area (Å²) < 4.78 is 10.8. The van der Waals surface area contributed by atoms with Gasteiger partial charge in [-0.25, -0.2) is 9.97 Å². The van der Waals surface area contributed by atoms with Gasteiger partial charge in [0, 0.05) is 25.7 Å². The Morgan fingerprint density at radius 2 is 1.83 bits per heavy atom. The first-order valence-electron chi connectivity index (χ1n) is 7.79. The number of aromatic nitrogens is 2. The molecular weight excluding hydrogens is 292 g/mol. The largest absolute Gasteiger partial charge is 0.493 e. The van der Waals surface area contributed by atoms with Gasteiger partial charge in [0.15, 0.2) is 11.5 Å². The second-order valence-electron chi connectivity index (χ2n) is 5.44. The topological polar surface area (TPSA) is 59.5 Å². The maximum atomic E-state index is 5.42. The molecule has 1 aromatic carbocycles. The minimum Gasteiger partial charge on any atom is -0.493 e. The predicted octanol–water partition coefficient (Wildman–Crippen LogP) is 2.49. The third-order valence-corrected chi connectivity index (χ3v) is 4.05. The molecule has 0 saturated heterocycles. The summed E-state index contributed by atoms with van der Waals surface area (Å²) in [6.07, 6.45) is 2.56. The Labute approximate surface area is 136 Å². The van der Waals surface area contributed by atoms with Crippen LogP contribution in [0, 0.1) is 0 Å². The minimum atomic E-state index is 0.768. The van der Waals surface area contributed by atoms with Crippen molar-refractivity contribution < 1.29 is 9.47 Å². The average molecular weight is 314 g/mol. The van der Waals surface area contributed by atoms with E-state index in [1.54, 1.807) is 20.5 Å². The molecule has 6 heteroatoms. The summed E-state index contributed by atoms with van der Waals surface area (Å²) in [6.45, 7) is 4.62. The third kappa shape index (κ3) is 3.16. The Morgan fingerprint density at radius 3 is 2.52 bits per heavy atom. The molecule has 122 valence electrons. The quantitative estimate of drug-likeness (QED) is 0.915. The first-order valence-corrected chi connectivity index (χ1v) is 7.79. The van der Waals surface area contributed by atoms with E-state index in [1.807, 2.05) is 6.07 Å². The normalized spacial score (nSPS) is 13.4. The van der Waals surface area contributed by atoms with E-state index in [0.29, 0.717) is 0 Å². The standard InChI is InChI=1S/C17H22N4O2/c1-4-18-16-9-17(20-11-19-16)21-6-5-12-7-14(22-2)15(23-3)8-13(12)10-21/h7-9,11H,4-6,10H2,1-3H3,(H,18,19,20). The highest BCUT2D eigenvalue weighted by molar-refractivity contribution is 5.54. The molecule has 0 amide bonds. The molecule has 1 aromatic heterocycles. The first-order chi connectivity index (χ1) is 11.2. The van der Waals surface area contributed by atoms with E-state index in [-0.39, 0.29) is 0 Å². The second-order valence-corrected chi connectivity index (χ2v) is 5.44. The molecule has 23 heavy (non-hydrogen) atoms. The van der Waals surface area contributed by atoms with Crippen LogP contribution in [-0.2, 0) is 13.0 Å². The van der Waals surface area contributed by atoms with Gasteiger partial charge in [-0.15, -0.1) is 0 Å². The van der Waals surface area contributed by atoms with Crippen molar-refractivity contribution in [1.82, 2.24) is 9.97 Å². The van der Waals surface area contributed by atoms with E-state index in [2.05, 4.69) is 39.2 Å². The lowest BCUT2D eigenvalue weighted by atomic mass is 9.99. The van der Waals surface area contributed by atoms with Crippen LogP contribution in [0.25, 0.3) is 0 Å².